The molecule has 1 aromatic carbocycles. The molecule has 0 fully saturated rings. The summed E-state index contributed by atoms with van der Waals surface area (Å²) in [4.78, 5) is 12.2. The summed E-state index contributed by atoms with van der Waals surface area (Å²) in [7, 11) is 0. The molecule has 0 aliphatic rings. The van der Waals surface area contributed by atoms with Gasteiger partial charge in [0.05, 0.1) is 0 Å². The molecule has 1 rings (SSSR count). The first kappa shape index (κ1) is 12.2. The fraction of sp³-hybridized carbons (Fsp3) is 0.417. The molecule has 82 valence electrons. The predicted octanol–water partition coefficient (Wildman–Crippen LogP) is 3.92. The van der Waals surface area contributed by atoms with Gasteiger partial charge in [0.25, 0.3) is 0 Å². The molecule has 0 saturated heterocycles. The quantitative estimate of drug-likeness (QED) is 0.561. The van der Waals surface area contributed by atoms with E-state index in [1.807, 2.05) is 0 Å². The number of halogens is 1. The number of thioether (sulfide) groups is 1. The van der Waals surface area contributed by atoms with Gasteiger partial charge in [-0.25, -0.2) is 4.39 Å². The largest absolute Gasteiger partial charge is 0.294 e. The molecular formula is C12H15FOS. The fourth-order valence-electron chi connectivity index (χ4n) is 1.20. The average molecular weight is 226 g/mol. The molecule has 0 amide bonds. The van der Waals surface area contributed by atoms with E-state index in [1.165, 1.54) is 19.1 Å². The Hall–Kier alpha value is -0.830. The lowest BCUT2D eigenvalue weighted by Gasteiger charge is -2.19. The van der Waals surface area contributed by atoms with Crippen LogP contribution in [0.5, 0.6) is 0 Å². The summed E-state index contributed by atoms with van der Waals surface area (Å²) >= 11 is 1.58. The molecule has 0 saturated carbocycles. The van der Waals surface area contributed by atoms with Crippen molar-refractivity contribution in [2.75, 3.05) is 0 Å². The highest BCUT2D eigenvalue weighted by molar-refractivity contribution is 8.00. The van der Waals surface area contributed by atoms with Gasteiger partial charge >= 0.3 is 0 Å². The van der Waals surface area contributed by atoms with Gasteiger partial charge in [0, 0.05) is 15.2 Å². The molecule has 0 N–H and O–H groups in total. The van der Waals surface area contributed by atoms with Crippen molar-refractivity contribution in [1.82, 2.24) is 0 Å². The zero-order chi connectivity index (χ0) is 11.6. The van der Waals surface area contributed by atoms with Gasteiger partial charge in [-0.15, -0.1) is 11.8 Å². The average Bonchev–Trinajstić information content (AvgIpc) is 2.05. The van der Waals surface area contributed by atoms with E-state index in [0.29, 0.717) is 5.56 Å². The van der Waals surface area contributed by atoms with Crippen LogP contribution in [0.2, 0.25) is 0 Å². The number of hydrogen-bond donors (Lipinski definition) is 0. The maximum Gasteiger partial charge on any atom is 0.161 e. The van der Waals surface area contributed by atoms with Crippen LogP contribution in [0.25, 0.3) is 0 Å². The van der Waals surface area contributed by atoms with Crippen molar-refractivity contribution in [3.05, 3.63) is 29.6 Å². The van der Waals surface area contributed by atoms with E-state index >= 15 is 0 Å². The maximum absolute atomic E-state index is 13.0. The van der Waals surface area contributed by atoms with Crippen LogP contribution in [-0.2, 0) is 0 Å². The van der Waals surface area contributed by atoms with E-state index < -0.39 is 0 Å². The summed E-state index contributed by atoms with van der Waals surface area (Å²) in [5, 5.41) is 0. The molecule has 0 spiro atoms. The third-order valence-electron chi connectivity index (χ3n) is 1.74. The van der Waals surface area contributed by atoms with Crippen LogP contribution >= 0.6 is 11.8 Å². The molecule has 0 unspecified atom stereocenters. The highest BCUT2D eigenvalue weighted by atomic mass is 32.2. The van der Waals surface area contributed by atoms with Crippen molar-refractivity contribution in [1.29, 1.82) is 0 Å². The smallest absolute Gasteiger partial charge is 0.161 e. The van der Waals surface area contributed by atoms with Gasteiger partial charge in [-0.05, 0) is 25.1 Å². The Bertz CT molecular complexity index is 380. The molecular weight excluding hydrogens is 211 g/mol. The minimum Gasteiger partial charge on any atom is -0.294 e. The molecule has 15 heavy (non-hydrogen) atoms. The Morgan fingerprint density at radius 1 is 1.33 bits per heavy atom. The molecule has 1 aromatic rings. The summed E-state index contributed by atoms with van der Waals surface area (Å²) in [5.74, 6) is -0.459. The Kier molecular flexibility index (Phi) is 3.55. The number of rotatable bonds is 2. The van der Waals surface area contributed by atoms with Crippen molar-refractivity contribution in [3.8, 4) is 0 Å². The summed E-state index contributed by atoms with van der Waals surface area (Å²) in [6.45, 7) is 7.64. The first-order chi connectivity index (χ1) is 6.79. The van der Waals surface area contributed by atoms with Crippen LogP contribution in [0.3, 0.4) is 0 Å². The minimum atomic E-state index is -0.363. The lowest BCUT2D eigenvalue weighted by molar-refractivity contribution is 0.101. The third-order valence-corrected chi connectivity index (χ3v) is 2.93. The third kappa shape index (κ3) is 3.67. The van der Waals surface area contributed by atoms with Crippen LogP contribution in [0.4, 0.5) is 4.39 Å². The van der Waals surface area contributed by atoms with E-state index in [2.05, 4.69) is 20.8 Å². The number of benzene rings is 1. The molecule has 0 aliphatic carbocycles. The zero-order valence-electron chi connectivity index (χ0n) is 9.43. The van der Waals surface area contributed by atoms with Crippen LogP contribution in [0.1, 0.15) is 38.1 Å². The molecule has 0 bridgehead atoms. The molecule has 0 radical (unpaired) electrons. The van der Waals surface area contributed by atoms with E-state index in [0.717, 1.165) is 4.90 Å². The highest BCUT2D eigenvalue weighted by Crippen LogP contribution is 2.34. The lowest BCUT2D eigenvalue weighted by atomic mass is 10.1. The van der Waals surface area contributed by atoms with Gasteiger partial charge in [0.1, 0.15) is 5.82 Å². The standard InChI is InChI=1S/C12H15FOS/c1-8(14)10-7-9(13)5-6-11(10)15-12(2,3)4/h5-7H,1-4H3. The zero-order valence-corrected chi connectivity index (χ0v) is 10.2. The van der Waals surface area contributed by atoms with Crippen molar-refractivity contribution >= 4 is 17.5 Å². The Morgan fingerprint density at radius 2 is 1.93 bits per heavy atom. The Labute approximate surface area is 94.1 Å². The molecule has 0 aromatic heterocycles. The van der Waals surface area contributed by atoms with Crippen LogP contribution in [-0.4, -0.2) is 10.5 Å². The molecule has 0 atom stereocenters. The molecule has 1 nitrogen and oxygen atoms in total. The minimum absolute atomic E-state index is 0.0159. The van der Waals surface area contributed by atoms with Gasteiger partial charge in [-0.2, -0.15) is 0 Å². The molecule has 0 heterocycles. The van der Waals surface area contributed by atoms with Crippen molar-refractivity contribution in [2.45, 2.75) is 37.3 Å². The summed E-state index contributed by atoms with van der Waals surface area (Å²) in [6.07, 6.45) is 0. The van der Waals surface area contributed by atoms with E-state index in [1.54, 1.807) is 17.8 Å². The van der Waals surface area contributed by atoms with E-state index in [4.69, 9.17) is 0 Å². The summed E-state index contributed by atoms with van der Waals surface area (Å²) < 4.78 is 13.0. The van der Waals surface area contributed by atoms with Gasteiger partial charge in [-0.1, -0.05) is 20.8 Å². The summed E-state index contributed by atoms with van der Waals surface area (Å²) in [6, 6.07) is 4.36. The fourth-order valence-corrected chi connectivity index (χ4v) is 2.30. The number of Topliss-reactive ketones (excluding diaryl/α,β-unsaturated/α-hetero) is 1. The predicted molar refractivity (Wildman–Crippen MR) is 62.0 cm³/mol. The highest BCUT2D eigenvalue weighted by Gasteiger charge is 2.16. The Morgan fingerprint density at radius 3 is 2.40 bits per heavy atom. The molecule has 0 aliphatic heterocycles. The van der Waals surface area contributed by atoms with Crippen molar-refractivity contribution < 1.29 is 9.18 Å². The number of ketones is 1. The van der Waals surface area contributed by atoms with Gasteiger partial charge in [0.2, 0.25) is 0 Å². The normalized spacial score (nSPS) is 11.5. The Balaban J connectivity index is 3.12. The van der Waals surface area contributed by atoms with Crippen LogP contribution in [0, 0.1) is 5.82 Å². The SMILES string of the molecule is CC(=O)c1cc(F)ccc1SC(C)(C)C. The van der Waals surface area contributed by atoms with E-state index in [-0.39, 0.29) is 16.3 Å². The first-order valence-corrected chi connectivity index (χ1v) is 5.61. The second kappa shape index (κ2) is 4.35. The van der Waals surface area contributed by atoms with Crippen molar-refractivity contribution in [3.63, 3.8) is 0 Å². The van der Waals surface area contributed by atoms with E-state index in [9.17, 15) is 9.18 Å². The second-order valence-corrected chi connectivity index (χ2v) is 6.28. The lowest BCUT2D eigenvalue weighted by Crippen LogP contribution is -2.08. The molecule has 3 heteroatoms. The van der Waals surface area contributed by atoms with Gasteiger partial charge in [-0.3, -0.25) is 4.79 Å². The van der Waals surface area contributed by atoms with Gasteiger partial charge in [0.15, 0.2) is 5.78 Å². The first-order valence-electron chi connectivity index (χ1n) is 4.79. The van der Waals surface area contributed by atoms with Crippen molar-refractivity contribution in [2.24, 2.45) is 0 Å². The van der Waals surface area contributed by atoms with Crippen LogP contribution in [0.15, 0.2) is 23.1 Å². The maximum atomic E-state index is 13.0. The van der Waals surface area contributed by atoms with Gasteiger partial charge < -0.3 is 0 Å². The summed E-state index contributed by atoms with van der Waals surface area (Å²) in [5.41, 5.74) is 0.468. The van der Waals surface area contributed by atoms with Crippen LogP contribution < -0.4 is 0 Å². The number of hydrogen-bond acceptors (Lipinski definition) is 2. The second-order valence-electron chi connectivity index (χ2n) is 4.41. The monoisotopic (exact) mass is 226 g/mol. The topological polar surface area (TPSA) is 17.1 Å². The number of carbonyl (C=O) groups excluding carboxylic acids is 1. The number of carbonyl (C=O) groups is 1.